The highest BCUT2D eigenvalue weighted by Crippen LogP contribution is 2.43. The number of carbonyl (C=O) groups excluding carboxylic acids is 1. The Balaban J connectivity index is 1.94. The Morgan fingerprint density at radius 3 is 2.69 bits per heavy atom. The number of amides is 1. The molecule has 2 fully saturated rings. The maximum Gasteiger partial charge on any atom is 0.241 e. The van der Waals surface area contributed by atoms with E-state index >= 15 is 0 Å². The zero-order chi connectivity index (χ0) is 26.7. The summed E-state index contributed by atoms with van der Waals surface area (Å²) < 4.78 is 33.2. The molecule has 7 nitrogen and oxygen atoms in total. The lowest BCUT2D eigenvalue weighted by Gasteiger charge is -2.39. The third-order valence-corrected chi connectivity index (χ3v) is 7.08. The molecule has 2 heterocycles. The summed E-state index contributed by atoms with van der Waals surface area (Å²) in [6.45, 7) is 12.3. The molecule has 198 valence electrons. The molecule has 1 N–H and O–H groups in total. The van der Waals surface area contributed by atoms with E-state index in [1.807, 2.05) is 13.0 Å². The van der Waals surface area contributed by atoms with Crippen molar-refractivity contribution in [3.05, 3.63) is 63.7 Å². The molecule has 0 aliphatic carbocycles. The molecule has 36 heavy (non-hydrogen) atoms. The van der Waals surface area contributed by atoms with E-state index < -0.39 is 17.2 Å². The van der Waals surface area contributed by atoms with E-state index in [2.05, 4.69) is 36.2 Å². The van der Waals surface area contributed by atoms with Crippen molar-refractivity contribution < 1.29 is 18.3 Å². The number of hydrogen-bond acceptors (Lipinski definition) is 6. The molecule has 0 bridgehead atoms. The smallest absolute Gasteiger partial charge is 0.241 e. The highest BCUT2D eigenvalue weighted by atomic mass is 19.1. The highest BCUT2D eigenvalue weighted by Gasteiger charge is 2.43. The van der Waals surface area contributed by atoms with Crippen LogP contribution >= 0.6 is 0 Å². The van der Waals surface area contributed by atoms with Gasteiger partial charge in [-0.05, 0) is 44.1 Å². The molecule has 2 aliphatic rings. The molecule has 3 rings (SSSR count). The number of rotatable bonds is 8. The number of carbonyl (C=O) groups is 1. The average Bonchev–Trinajstić information content (AvgIpc) is 3.06. The Morgan fingerprint density at radius 1 is 1.36 bits per heavy atom. The van der Waals surface area contributed by atoms with E-state index in [0.717, 1.165) is 24.3 Å². The Kier molecular flexibility index (Phi) is 8.80. The molecule has 1 unspecified atom stereocenters. The third kappa shape index (κ3) is 6.25. The Morgan fingerprint density at radius 2 is 2.08 bits per heavy atom. The van der Waals surface area contributed by atoms with Gasteiger partial charge in [-0.2, -0.15) is 0 Å². The first-order valence-corrected chi connectivity index (χ1v) is 12.4. The van der Waals surface area contributed by atoms with Crippen molar-refractivity contribution in [1.29, 1.82) is 0 Å². The van der Waals surface area contributed by atoms with Crippen molar-refractivity contribution in [2.45, 2.75) is 58.7 Å². The summed E-state index contributed by atoms with van der Waals surface area (Å²) >= 11 is 0. The van der Waals surface area contributed by atoms with Crippen LogP contribution in [0.15, 0.2) is 46.8 Å². The number of likely N-dealkylation sites (tertiary alicyclic amines) is 1. The molecule has 1 amide bonds. The molecule has 9 heteroatoms. The van der Waals surface area contributed by atoms with E-state index in [9.17, 15) is 18.5 Å². The predicted octanol–water partition coefficient (Wildman–Crippen LogP) is 4.04. The van der Waals surface area contributed by atoms with Gasteiger partial charge in [0.1, 0.15) is 17.2 Å². The van der Waals surface area contributed by atoms with E-state index in [-0.39, 0.29) is 41.9 Å². The molecule has 1 aromatic carbocycles. The van der Waals surface area contributed by atoms with Gasteiger partial charge in [-0.1, -0.05) is 31.2 Å². The topological polar surface area (TPSA) is 74.2 Å². The van der Waals surface area contributed by atoms with Crippen molar-refractivity contribution in [2.75, 3.05) is 39.9 Å². The number of ether oxygens (including phenoxy) is 1. The number of allylic oxidation sites excluding steroid dienone is 2. The summed E-state index contributed by atoms with van der Waals surface area (Å²) in [4.78, 5) is 29.6. The SMILES string of the molecule is C/C=C1\C(=C/C(C)(Cc2ccc(F)cc2F)N=O)N(C(=O)CN2C[C@@H](C)NC[C@@H]2COC)CC1(C)C. The zero-order valence-electron chi connectivity index (χ0n) is 22.1. The molecule has 2 aliphatic heterocycles. The van der Waals surface area contributed by atoms with Gasteiger partial charge in [-0.25, -0.2) is 8.78 Å². The minimum atomic E-state index is -1.34. The van der Waals surface area contributed by atoms with Gasteiger partial charge in [0.25, 0.3) is 0 Å². The lowest BCUT2D eigenvalue weighted by molar-refractivity contribution is -0.131. The zero-order valence-corrected chi connectivity index (χ0v) is 22.1. The van der Waals surface area contributed by atoms with Gasteiger partial charge in [-0.15, -0.1) is 4.91 Å². The molecule has 1 aromatic rings. The molecule has 0 saturated carbocycles. The van der Waals surface area contributed by atoms with Crippen LogP contribution in [-0.2, 0) is 16.0 Å². The van der Waals surface area contributed by atoms with Crippen LogP contribution < -0.4 is 5.32 Å². The van der Waals surface area contributed by atoms with Crippen molar-refractivity contribution >= 4 is 5.91 Å². The molecular formula is C27H38F2N4O3. The van der Waals surface area contributed by atoms with Crippen molar-refractivity contribution in [3.63, 3.8) is 0 Å². The summed E-state index contributed by atoms with van der Waals surface area (Å²) in [5.74, 6) is -1.50. The summed E-state index contributed by atoms with van der Waals surface area (Å²) in [6, 6.07) is 3.60. The van der Waals surface area contributed by atoms with E-state index in [1.165, 1.54) is 6.07 Å². The fourth-order valence-electron chi connectivity index (χ4n) is 5.27. The van der Waals surface area contributed by atoms with Crippen LogP contribution in [0.2, 0.25) is 0 Å². The minimum absolute atomic E-state index is 0.0587. The summed E-state index contributed by atoms with van der Waals surface area (Å²) in [6.07, 6.45) is 3.55. The number of nitroso groups, excluding NO2 is 1. The molecule has 0 spiro atoms. The Labute approximate surface area is 212 Å². The number of nitrogens with zero attached hydrogens (tertiary/aromatic N) is 3. The fraction of sp³-hybridized carbons (Fsp3) is 0.593. The fourth-order valence-corrected chi connectivity index (χ4v) is 5.27. The van der Waals surface area contributed by atoms with Gasteiger partial charge in [0.15, 0.2) is 0 Å². The van der Waals surface area contributed by atoms with Crippen LogP contribution in [0, 0.1) is 22.0 Å². The van der Waals surface area contributed by atoms with E-state index in [0.29, 0.717) is 25.4 Å². The van der Waals surface area contributed by atoms with Crippen LogP contribution in [0.3, 0.4) is 0 Å². The second-order valence-electron chi connectivity index (χ2n) is 10.8. The molecular weight excluding hydrogens is 466 g/mol. The van der Waals surface area contributed by atoms with Crippen molar-refractivity contribution in [2.24, 2.45) is 10.6 Å². The minimum Gasteiger partial charge on any atom is -0.383 e. The van der Waals surface area contributed by atoms with Crippen molar-refractivity contribution in [1.82, 2.24) is 15.1 Å². The van der Waals surface area contributed by atoms with Crippen LogP contribution in [0.5, 0.6) is 0 Å². The van der Waals surface area contributed by atoms with Gasteiger partial charge in [-0.3, -0.25) is 9.69 Å². The van der Waals surface area contributed by atoms with Crippen LogP contribution in [-0.4, -0.2) is 73.2 Å². The quantitative estimate of drug-likeness (QED) is 0.541. The van der Waals surface area contributed by atoms with Crippen LogP contribution in [0.25, 0.3) is 0 Å². The van der Waals surface area contributed by atoms with Gasteiger partial charge in [0.05, 0.1) is 13.2 Å². The molecule has 0 radical (unpaired) electrons. The number of nitrogens with one attached hydrogen (secondary N) is 1. The largest absolute Gasteiger partial charge is 0.383 e. The average molecular weight is 505 g/mol. The van der Waals surface area contributed by atoms with Gasteiger partial charge < -0.3 is 15.0 Å². The van der Waals surface area contributed by atoms with E-state index in [1.54, 1.807) is 25.0 Å². The lowest BCUT2D eigenvalue weighted by Crippen LogP contribution is -2.59. The number of piperazine rings is 1. The first-order chi connectivity index (χ1) is 16.9. The predicted molar refractivity (Wildman–Crippen MR) is 136 cm³/mol. The van der Waals surface area contributed by atoms with Gasteiger partial charge in [0, 0.05) is 62.4 Å². The number of benzene rings is 1. The normalized spacial score (nSPS) is 26.4. The first kappa shape index (κ1) is 28.1. The lowest BCUT2D eigenvalue weighted by atomic mass is 9.84. The van der Waals surface area contributed by atoms with Crippen LogP contribution in [0.1, 0.15) is 40.2 Å². The Hall–Kier alpha value is -2.49. The maximum absolute atomic E-state index is 14.4. The number of halogens is 2. The standard InChI is InChI=1S/C27H38F2N4O3/c1-7-22-24(12-27(5,31-35)11-19-8-9-20(28)10-23(19)29)33(17-26(22,3)4)25(34)15-32-14-18(2)30-13-21(32)16-36-6/h7-10,12,18,21,30H,11,13-17H2,1-6H3/b22-7+,24-12+/t18-,21-,27?/m1/s1. The maximum atomic E-state index is 14.4. The first-order valence-electron chi connectivity index (χ1n) is 12.4. The summed E-state index contributed by atoms with van der Waals surface area (Å²) in [7, 11) is 1.65. The van der Waals surface area contributed by atoms with Gasteiger partial charge in [0.2, 0.25) is 5.91 Å². The Bertz CT molecular complexity index is 1040. The number of methoxy groups -OCH3 is 1. The second kappa shape index (κ2) is 11.3. The van der Waals surface area contributed by atoms with Crippen LogP contribution in [0.4, 0.5) is 8.78 Å². The van der Waals surface area contributed by atoms with E-state index in [4.69, 9.17) is 4.74 Å². The van der Waals surface area contributed by atoms with Gasteiger partial charge >= 0.3 is 0 Å². The molecule has 3 atom stereocenters. The van der Waals surface area contributed by atoms with Crippen molar-refractivity contribution in [3.8, 4) is 0 Å². The molecule has 0 aromatic heterocycles. The molecule has 2 saturated heterocycles. The monoisotopic (exact) mass is 504 g/mol. The summed E-state index contributed by atoms with van der Waals surface area (Å²) in [5, 5.41) is 6.76. The third-order valence-electron chi connectivity index (χ3n) is 7.08. The summed E-state index contributed by atoms with van der Waals surface area (Å²) in [5.41, 5.74) is 0.0356. The number of hydrogen-bond donors (Lipinski definition) is 1. The second-order valence-corrected chi connectivity index (χ2v) is 10.8. The highest BCUT2D eigenvalue weighted by molar-refractivity contribution is 5.82.